The second-order valence-electron chi connectivity index (χ2n) is 8.69. The van der Waals surface area contributed by atoms with E-state index in [1.54, 1.807) is 0 Å². The lowest BCUT2D eigenvalue weighted by Crippen LogP contribution is -2.25. The van der Waals surface area contributed by atoms with E-state index in [2.05, 4.69) is 4.90 Å². The zero-order chi connectivity index (χ0) is 22.4. The third-order valence-electron chi connectivity index (χ3n) is 6.74. The molecular formula is C26H26N2O5. The molecule has 0 spiro atoms. The maximum absolute atomic E-state index is 9.90. The van der Waals surface area contributed by atoms with Gasteiger partial charge < -0.3 is 24.4 Å². The van der Waals surface area contributed by atoms with Crippen LogP contribution in [0, 0.1) is 0 Å². The molecule has 3 aromatic carbocycles. The Balaban J connectivity index is 1.54. The van der Waals surface area contributed by atoms with Crippen molar-refractivity contribution in [3.8, 4) is 17.4 Å². The van der Waals surface area contributed by atoms with E-state index in [0.717, 1.165) is 57.8 Å². The van der Waals surface area contributed by atoms with Gasteiger partial charge in [0, 0.05) is 22.7 Å². The lowest BCUT2D eigenvalue weighted by molar-refractivity contribution is 0.174. The van der Waals surface area contributed by atoms with Crippen LogP contribution in [-0.4, -0.2) is 53.1 Å². The van der Waals surface area contributed by atoms with Gasteiger partial charge in [0.05, 0.1) is 18.7 Å². The highest BCUT2D eigenvalue weighted by Gasteiger charge is 2.19. The molecule has 1 fully saturated rings. The summed E-state index contributed by atoms with van der Waals surface area (Å²) < 4.78 is 17.4. The molecule has 1 aromatic heterocycles. The third kappa shape index (κ3) is 3.53. The Morgan fingerprint density at radius 3 is 2.33 bits per heavy atom. The van der Waals surface area contributed by atoms with E-state index in [1.807, 2.05) is 36.4 Å². The fraction of sp³-hybridized carbons (Fsp3) is 0.346. The zero-order valence-electron chi connectivity index (χ0n) is 18.3. The molecule has 2 aliphatic rings. The zero-order valence-corrected chi connectivity index (χ0v) is 18.3. The van der Waals surface area contributed by atoms with Crippen molar-refractivity contribution in [1.82, 2.24) is 9.88 Å². The monoisotopic (exact) mass is 446 g/mol. The molecule has 33 heavy (non-hydrogen) atoms. The first-order valence-corrected chi connectivity index (χ1v) is 11.4. The van der Waals surface area contributed by atoms with Crippen LogP contribution in [0.1, 0.15) is 24.0 Å². The lowest BCUT2D eigenvalue weighted by atomic mass is 9.97. The molecule has 0 atom stereocenters. The van der Waals surface area contributed by atoms with Crippen molar-refractivity contribution < 1.29 is 24.4 Å². The molecule has 1 saturated heterocycles. The number of ether oxygens (including phenoxy) is 3. The van der Waals surface area contributed by atoms with Crippen LogP contribution in [0.15, 0.2) is 36.4 Å². The van der Waals surface area contributed by atoms with Gasteiger partial charge in [-0.3, -0.25) is 4.90 Å². The van der Waals surface area contributed by atoms with Crippen molar-refractivity contribution in [3.63, 3.8) is 0 Å². The summed E-state index contributed by atoms with van der Waals surface area (Å²) in [5.74, 6) is 1.99. The number of likely N-dealkylation sites (tertiary alicyclic amines) is 1. The van der Waals surface area contributed by atoms with E-state index in [4.69, 9.17) is 19.2 Å². The molecule has 2 N–H and O–H groups in total. The maximum atomic E-state index is 9.90. The van der Waals surface area contributed by atoms with Gasteiger partial charge >= 0.3 is 0 Å². The third-order valence-corrected chi connectivity index (χ3v) is 6.74. The first kappa shape index (κ1) is 20.5. The molecule has 0 radical (unpaired) electrons. The lowest BCUT2D eigenvalue weighted by Gasteiger charge is -2.17. The number of rotatable bonds is 6. The highest BCUT2D eigenvalue weighted by atomic mass is 16.7. The van der Waals surface area contributed by atoms with E-state index >= 15 is 0 Å². The standard InChI is InChI=1S/C26H26N2O5/c29-13-17-9-21-19-4-3-16-11-23-24(33-15-32-23)12-20(16)25(19)27-26(22(21)10-18(17)14-30)31-8-7-28-5-1-2-6-28/h3-4,9-12,29-30H,1-2,5-8,13-15H2. The largest absolute Gasteiger partial charge is 0.476 e. The van der Waals surface area contributed by atoms with Gasteiger partial charge in [0.2, 0.25) is 12.7 Å². The Morgan fingerprint density at radius 1 is 0.848 bits per heavy atom. The second kappa shape index (κ2) is 8.33. The maximum Gasteiger partial charge on any atom is 0.231 e. The summed E-state index contributed by atoms with van der Waals surface area (Å²) in [6.45, 7) is 3.54. The van der Waals surface area contributed by atoms with Gasteiger partial charge in [0.25, 0.3) is 0 Å². The highest BCUT2D eigenvalue weighted by Crippen LogP contribution is 2.41. The molecule has 3 heterocycles. The van der Waals surface area contributed by atoms with Crippen molar-refractivity contribution >= 4 is 32.4 Å². The molecule has 0 bridgehead atoms. The molecule has 4 aromatic rings. The number of aliphatic hydroxyl groups excluding tert-OH is 2. The molecule has 7 nitrogen and oxygen atoms in total. The smallest absolute Gasteiger partial charge is 0.231 e. The minimum atomic E-state index is -0.154. The highest BCUT2D eigenvalue weighted by molar-refractivity contribution is 6.17. The van der Waals surface area contributed by atoms with Gasteiger partial charge in [-0.05, 0) is 72.1 Å². The minimum absolute atomic E-state index is 0.146. The van der Waals surface area contributed by atoms with Crippen molar-refractivity contribution in [3.05, 3.63) is 47.5 Å². The van der Waals surface area contributed by atoms with Crippen LogP contribution in [0.4, 0.5) is 0 Å². The van der Waals surface area contributed by atoms with Crippen molar-refractivity contribution in [2.75, 3.05) is 33.0 Å². The average Bonchev–Trinajstić information content (AvgIpc) is 3.53. The van der Waals surface area contributed by atoms with Crippen LogP contribution in [-0.2, 0) is 13.2 Å². The Hall–Kier alpha value is -3.13. The quantitative estimate of drug-likeness (QED) is 0.437. The van der Waals surface area contributed by atoms with E-state index in [0.29, 0.717) is 29.4 Å². The molecule has 7 heteroatoms. The summed E-state index contributed by atoms with van der Waals surface area (Å²) in [5.41, 5.74) is 2.20. The molecule has 0 aliphatic carbocycles. The molecule has 2 aliphatic heterocycles. The van der Waals surface area contributed by atoms with Gasteiger partial charge in [-0.1, -0.05) is 12.1 Å². The predicted molar refractivity (Wildman–Crippen MR) is 126 cm³/mol. The number of aromatic nitrogens is 1. The van der Waals surface area contributed by atoms with Gasteiger partial charge in [-0.25, -0.2) is 4.98 Å². The Bertz CT molecular complexity index is 1360. The fourth-order valence-electron chi connectivity index (χ4n) is 4.97. The van der Waals surface area contributed by atoms with E-state index in [1.165, 1.54) is 12.8 Å². The van der Waals surface area contributed by atoms with Gasteiger partial charge in [-0.15, -0.1) is 0 Å². The summed E-state index contributed by atoms with van der Waals surface area (Å²) in [7, 11) is 0. The molecule has 6 rings (SSSR count). The van der Waals surface area contributed by atoms with Crippen molar-refractivity contribution in [2.24, 2.45) is 0 Å². The molecule has 0 amide bonds. The second-order valence-corrected chi connectivity index (χ2v) is 8.69. The van der Waals surface area contributed by atoms with Crippen LogP contribution in [0.3, 0.4) is 0 Å². The van der Waals surface area contributed by atoms with Gasteiger partial charge in [0.1, 0.15) is 6.61 Å². The molecular weight excluding hydrogens is 420 g/mol. The van der Waals surface area contributed by atoms with Crippen LogP contribution >= 0.6 is 0 Å². The van der Waals surface area contributed by atoms with Gasteiger partial charge in [0.15, 0.2) is 11.5 Å². The number of aliphatic hydroxyl groups is 2. The minimum Gasteiger partial charge on any atom is -0.476 e. The number of pyridine rings is 1. The molecule has 0 unspecified atom stereocenters. The summed E-state index contributed by atoms with van der Waals surface area (Å²) in [6, 6.07) is 11.9. The summed E-state index contributed by atoms with van der Waals surface area (Å²) in [6.07, 6.45) is 2.48. The fourth-order valence-corrected chi connectivity index (χ4v) is 4.97. The van der Waals surface area contributed by atoms with Crippen LogP contribution in [0.25, 0.3) is 32.4 Å². The van der Waals surface area contributed by atoms with E-state index < -0.39 is 0 Å². The number of nitrogens with zero attached hydrogens (tertiary/aromatic N) is 2. The SMILES string of the molecule is OCc1cc2c(OCCN3CCCC3)nc3c4cc5c(cc4ccc3c2cc1CO)OCO5. The average molecular weight is 447 g/mol. The van der Waals surface area contributed by atoms with Crippen molar-refractivity contribution in [1.29, 1.82) is 0 Å². The summed E-state index contributed by atoms with van der Waals surface area (Å²) in [4.78, 5) is 7.38. The first-order valence-electron chi connectivity index (χ1n) is 11.4. The number of fused-ring (bicyclic) bond motifs is 6. The number of hydrogen-bond donors (Lipinski definition) is 2. The van der Waals surface area contributed by atoms with Crippen LogP contribution in [0.2, 0.25) is 0 Å². The number of benzene rings is 3. The Kier molecular flexibility index (Phi) is 5.17. The Labute approximate surface area is 191 Å². The van der Waals surface area contributed by atoms with E-state index in [9.17, 15) is 10.2 Å². The summed E-state index contributed by atoms with van der Waals surface area (Å²) >= 11 is 0. The van der Waals surface area contributed by atoms with E-state index in [-0.39, 0.29) is 20.0 Å². The normalized spacial score (nSPS) is 15.8. The summed E-state index contributed by atoms with van der Waals surface area (Å²) in [5, 5.41) is 24.5. The number of hydrogen-bond acceptors (Lipinski definition) is 7. The Morgan fingerprint density at radius 2 is 1.58 bits per heavy atom. The first-order chi connectivity index (χ1) is 16.2. The van der Waals surface area contributed by atoms with Crippen LogP contribution < -0.4 is 14.2 Å². The molecule has 0 saturated carbocycles. The van der Waals surface area contributed by atoms with Crippen molar-refractivity contribution in [2.45, 2.75) is 26.1 Å². The predicted octanol–water partition coefficient (Wildman–Crippen LogP) is 3.73. The molecule has 170 valence electrons. The van der Waals surface area contributed by atoms with Gasteiger partial charge in [-0.2, -0.15) is 0 Å². The van der Waals surface area contributed by atoms with Crippen LogP contribution in [0.5, 0.6) is 17.4 Å². The topological polar surface area (TPSA) is 84.3 Å².